The second kappa shape index (κ2) is 4.43. The first-order chi connectivity index (χ1) is 5.27. The molecule has 0 amide bonds. The van der Waals surface area contributed by atoms with Gasteiger partial charge in [0.05, 0.1) is 0 Å². The second-order valence-electron chi connectivity index (χ2n) is 3.86. The van der Waals surface area contributed by atoms with Crippen molar-refractivity contribution in [2.24, 2.45) is 0 Å². The van der Waals surface area contributed by atoms with Gasteiger partial charge in [0.15, 0.2) is 0 Å². The topological polar surface area (TPSA) is 9.23 Å². The summed E-state index contributed by atoms with van der Waals surface area (Å²) in [5.74, 6) is 0. The highest BCUT2D eigenvalue weighted by Gasteiger charge is 2.26. The van der Waals surface area contributed by atoms with E-state index in [1.165, 1.54) is 58.6 Å². The first kappa shape index (κ1) is 9.48. The lowest BCUT2D eigenvalue weighted by Crippen LogP contribution is -2.36. The van der Waals surface area contributed by atoms with Crippen LogP contribution in [0.25, 0.3) is 0 Å². The van der Waals surface area contributed by atoms with Crippen molar-refractivity contribution < 1.29 is 4.74 Å². The fourth-order valence-electron chi connectivity index (χ4n) is 1.74. The maximum atomic E-state index is 5.84. The molecule has 0 spiro atoms. The van der Waals surface area contributed by atoms with Gasteiger partial charge in [-0.3, -0.25) is 0 Å². The quantitative estimate of drug-likeness (QED) is 0.558. The van der Waals surface area contributed by atoms with Gasteiger partial charge < -0.3 is 4.74 Å². The average molecular weight is 188 g/mol. The third-order valence-corrected chi connectivity index (χ3v) is 4.61. The Hall–Kier alpha value is 0.394. The second-order valence-corrected chi connectivity index (χ2v) is 6.68. The zero-order chi connectivity index (χ0) is 8.16. The molecule has 1 atom stereocenters. The Labute approximate surface area is 75.7 Å². The van der Waals surface area contributed by atoms with Gasteiger partial charge >= 0.3 is 0 Å². The lowest BCUT2D eigenvalue weighted by Gasteiger charge is -2.34. The van der Waals surface area contributed by atoms with E-state index in [9.17, 15) is 0 Å². The molecule has 11 heavy (non-hydrogen) atoms. The number of rotatable bonds is 3. The van der Waals surface area contributed by atoms with Crippen LogP contribution in [0, 0.1) is 0 Å². The molecule has 3 heteroatoms. The molecule has 0 aromatic carbocycles. The van der Waals surface area contributed by atoms with Crippen molar-refractivity contribution in [3.8, 4) is 0 Å². The van der Waals surface area contributed by atoms with E-state index in [1.54, 1.807) is 0 Å². The summed E-state index contributed by atoms with van der Waals surface area (Å²) in [6.45, 7) is 1.03. The van der Waals surface area contributed by atoms with Crippen LogP contribution < -0.4 is 0 Å². The van der Waals surface area contributed by atoms with Gasteiger partial charge in [-0.25, -0.2) is 0 Å². The van der Waals surface area contributed by atoms with Crippen LogP contribution >= 0.6 is 0 Å². The Kier molecular flexibility index (Phi) is 3.82. The lowest BCUT2D eigenvalue weighted by molar-refractivity contribution is -0.0229. The van der Waals surface area contributed by atoms with E-state index in [2.05, 4.69) is 0 Å². The summed E-state index contributed by atoms with van der Waals surface area (Å²) in [5, 5.41) is 0.392. The van der Waals surface area contributed by atoms with Crippen molar-refractivity contribution in [1.29, 1.82) is 0 Å². The molecule has 1 rings (SSSR count). The van der Waals surface area contributed by atoms with Crippen LogP contribution in [0.2, 0.25) is 6.04 Å². The first-order valence-electron chi connectivity index (χ1n) is 4.91. The minimum absolute atomic E-state index is 0.392. The average Bonchev–Trinajstić information content (AvgIpc) is 2.03. The summed E-state index contributed by atoms with van der Waals surface area (Å²) < 4.78 is 5.84. The molecule has 1 heterocycles. The molecule has 66 valence electrons. The SMILES string of the molecule is [SiH3]CCCC1([SiH3])CCCCO1. The minimum atomic E-state index is 0.392. The van der Waals surface area contributed by atoms with Crippen LogP contribution in [0.4, 0.5) is 0 Å². The predicted octanol–water partition coefficient (Wildman–Crippen LogP) is -0.188. The van der Waals surface area contributed by atoms with E-state index in [-0.39, 0.29) is 0 Å². The number of hydrogen-bond donors (Lipinski definition) is 0. The van der Waals surface area contributed by atoms with Crippen molar-refractivity contribution in [2.45, 2.75) is 43.4 Å². The van der Waals surface area contributed by atoms with Gasteiger partial charge in [-0.2, -0.15) is 0 Å². The highest BCUT2D eigenvalue weighted by molar-refractivity contribution is 6.14. The lowest BCUT2D eigenvalue weighted by atomic mass is 10.0. The molecule has 1 fully saturated rings. The zero-order valence-electron chi connectivity index (χ0n) is 7.86. The van der Waals surface area contributed by atoms with Crippen molar-refractivity contribution >= 4 is 20.5 Å². The highest BCUT2D eigenvalue weighted by atomic mass is 28.1. The van der Waals surface area contributed by atoms with Crippen molar-refractivity contribution in [3.05, 3.63) is 0 Å². The molecule has 1 saturated heterocycles. The summed E-state index contributed by atoms with van der Waals surface area (Å²) in [6.07, 6.45) is 6.81. The van der Waals surface area contributed by atoms with Crippen LogP contribution in [0.1, 0.15) is 32.1 Å². The normalized spacial score (nSPS) is 32.7. The van der Waals surface area contributed by atoms with Gasteiger partial charge in [-0.1, -0.05) is 12.5 Å². The van der Waals surface area contributed by atoms with E-state index >= 15 is 0 Å². The van der Waals surface area contributed by atoms with Gasteiger partial charge in [0.2, 0.25) is 0 Å². The molecular weight excluding hydrogens is 168 g/mol. The maximum absolute atomic E-state index is 5.84. The van der Waals surface area contributed by atoms with E-state index in [1.807, 2.05) is 0 Å². The van der Waals surface area contributed by atoms with Gasteiger partial charge in [-0.05, 0) is 25.7 Å². The number of hydrogen-bond acceptors (Lipinski definition) is 1. The molecule has 0 saturated carbocycles. The highest BCUT2D eigenvalue weighted by Crippen LogP contribution is 2.26. The molecule has 0 N–H and O–H groups in total. The first-order valence-corrected chi connectivity index (χ1v) is 7.32. The summed E-state index contributed by atoms with van der Waals surface area (Å²) >= 11 is 0. The summed E-state index contributed by atoms with van der Waals surface area (Å²) in [4.78, 5) is 0. The van der Waals surface area contributed by atoms with Crippen molar-refractivity contribution in [2.75, 3.05) is 6.61 Å². The van der Waals surface area contributed by atoms with Gasteiger partial charge in [0, 0.05) is 32.3 Å². The fourth-order valence-corrected chi connectivity index (χ4v) is 3.00. The molecule has 0 radical (unpaired) electrons. The Morgan fingerprint density at radius 1 is 1.36 bits per heavy atom. The molecule has 1 aliphatic rings. The Morgan fingerprint density at radius 2 is 2.18 bits per heavy atom. The van der Waals surface area contributed by atoms with Crippen molar-refractivity contribution in [3.63, 3.8) is 0 Å². The smallest absolute Gasteiger partial charge is 0.0485 e. The van der Waals surface area contributed by atoms with E-state index < -0.39 is 0 Å². The van der Waals surface area contributed by atoms with Crippen LogP contribution in [-0.4, -0.2) is 32.3 Å². The van der Waals surface area contributed by atoms with Crippen LogP contribution in [0.15, 0.2) is 0 Å². The third-order valence-electron chi connectivity index (χ3n) is 2.61. The Bertz CT molecular complexity index is 111. The van der Waals surface area contributed by atoms with E-state index in [0.29, 0.717) is 5.22 Å². The van der Waals surface area contributed by atoms with Crippen LogP contribution in [0.3, 0.4) is 0 Å². The summed E-state index contributed by atoms with van der Waals surface area (Å²) in [5.41, 5.74) is 0. The molecule has 1 nitrogen and oxygen atoms in total. The molecule has 0 aliphatic carbocycles. The molecule has 1 unspecified atom stereocenters. The van der Waals surface area contributed by atoms with Gasteiger partial charge in [0.1, 0.15) is 0 Å². The Morgan fingerprint density at radius 3 is 2.73 bits per heavy atom. The molecule has 0 aromatic rings. The molecule has 0 aromatic heterocycles. The molecular formula is C8H20OSi2. The summed E-state index contributed by atoms with van der Waals surface area (Å²) in [7, 11) is 2.60. The maximum Gasteiger partial charge on any atom is 0.0485 e. The van der Waals surface area contributed by atoms with Crippen LogP contribution in [0.5, 0.6) is 0 Å². The Balaban J connectivity index is 2.25. The van der Waals surface area contributed by atoms with E-state index in [0.717, 1.165) is 6.61 Å². The fraction of sp³-hybridized carbons (Fsp3) is 1.00. The van der Waals surface area contributed by atoms with Crippen LogP contribution in [-0.2, 0) is 4.74 Å². The monoisotopic (exact) mass is 188 g/mol. The predicted molar refractivity (Wildman–Crippen MR) is 56.5 cm³/mol. The zero-order valence-corrected chi connectivity index (χ0v) is 11.9. The van der Waals surface area contributed by atoms with Gasteiger partial charge in [-0.15, -0.1) is 0 Å². The largest absolute Gasteiger partial charge is 0.380 e. The van der Waals surface area contributed by atoms with Crippen molar-refractivity contribution in [1.82, 2.24) is 0 Å². The number of ether oxygens (including phenoxy) is 1. The molecule has 1 aliphatic heterocycles. The minimum Gasteiger partial charge on any atom is -0.380 e. The van der Waals surface area contributed by atoms with Gasteiger partial charge in [0.25, 0.3) is 0 Å². The van der Waals surface area contributed by atoms with E-state index in [4.69, 9.17) is 4.74 Å². The third kappa shape index (κ3) is 3.09. The molecule has 0 bridgehead atoms. The summed E-state index contributed by atoms with van der Waals surface area (Å²) in [6, 6.07) is 1.45. The standard InChI is InChI=1S/C8H20OSi2/c10-7-3-5-8(11)4-1-2-6-9-8/h1-7H2,10-11H3.